The maximum atomic E-state index is 12.6. The maximum absolute atomic E-state index is 12.6. The molecule has 0 bridgehead atoms. The predicted molar refractivity (Wildman–Crippen MR) is 130 cm³/mol. The van der Waals surface area contributed by atoms with Gasteiger partial charge in [0, 0.05) is 23.7 Å². The number of rotatable bonds is 9. The van der Waals surface area contributed by atoms with Crippen molar-refractivity contribution in [3.8, 4) is 5.75 Å². The molecule has 0 aliphatic carbocycles. The van der Waals surface area contributed by atoms with Gasteiger partial charge >= 0.3 is 5.97 Å². The average Bonchev–Trinajstić information content (AvgIpc) is 2.81. The van der Waals surface area contributed by atoms with Crippen molar-refractivity contribution in [2.24, 2.45) is 0 Å². The Morgan fingerprint density at radius 1 is 1.03 bits per heavy atom. The summed E-state index contributed by atoms with van der Waals surface area (Å²) in [7, 11) is 0. The van der Waals surface area contributed by atoms with E-state index in [1.54, 1.807) is 30.3 Å². The molecule has 8 heteroatoms. The quantitative estimate of drug-likeness (QED) is 0.541. The smallest absolute Gasteiger partial charge is 0.338 e. The van der Waals surface area contributed by atoms with Crippen LogP contribution in [-0.2, 0) is 20.7 Å². The van der Waals surface area contributed by atoms with Gasteiger partial charge in [-0.1, -0.05) is 23.7 Å². The van der Waals surface area contributed by atoms with Gasteiger partial charge in [0.05, 0.1) is 5.56 Å². The lowest BCUT2D eigenvalue weighted by Gasteiger charge is -2.38. The highest BCUT2D eigenvalue weighted by molar-refractivity contribution is 6.30. The van der Waals surface area contributed by atoms with Gasteiger partial charge in [0.2, 0.25) is 0 Å². The number of carbonyl (C=O) groups excluding carboxylic acids is 3. The Hall–Kier alpha value is -3.06. The number of likely N-dealkylation sites (tertiary alicyclic amines) is 1. The number of hydrogen-bond donors (Lipinski definition) is 1. The van der Waals surface area contributed by atoms with E-state index in [-0.39, 0.29) is 37.1 Å². The van der Waals surface area contributed by atoms with Gasteiger partial charge in [0.15, 0.2) is 13.2 Å². The summed E-state index contributed by atoms with van der Waals surface area (Å²) in [4.78, 5) is 38.6. The molecule has 0 radical (unpaired) electrons. The zero-order chi connectivity index (χ0) is 24.5. The Kier molecular flexibility index (Phi) is 9.33. The number of nitrogens with one attached hydrogen (secondary N) is 1. The Bertz CT molecular complexity index is 985. The number of piperidine rings is 1. The molecule has 0 saturated carbocycles. The molecule has 1 aliphatic heterocycles. The number of esters is 1. The van der Waals surface area contributed by atoms with E-state index in [1.165, 1.54) is 0 Å². The van der Waals surface area contributed by atoms with Crippen LogP contribution in [0.2, 0.25) is 5.02 Å². The van der Waals surface area contributed by atoms with E-state index < -0.39 is 5.97 Å². The number of ether oxygens (including phenoxy) is 2. The van der Waals surface area contributed by atoms with E-state index in [1.807, 2.05) is 23.1 Å². The van der Waals surface area contributed by atoms with Crippen LogP contribution >= 0.6 is 11.6 Å². The summed E-state index contributed by atoms with van der Waals surface area (Å²) in [6.07, 6.45) is 3.77. The van der Waals surface area contributed by atoms with Gasteiger partial charge in [-0.15, -0.1) is 0 Å². The molecule has 0 aromatic heterocycles. The van der Waals surface area contributed by atoms with Crippen molar-refractivity contribution in [1.82, 2.24) is 10.2 Å². The summed E-state index contributed by atoms with van der Waals surface area (Å²) < 4.78 is 10.7. The zero-order valence-electron chi connectivity index (χ0n) is 19.6. The number of benzene rings is 2. The minimum atomic E-state index is -0.608. The van der Waals surface area contributed by atoms with Gasteiger partial charge in [-0.2, -0.15) is 0 Å². The molecule has 7 nitrogen and oxygen atoms in total. The van der Waals surface area contributed by atoms with Crippen LogP contribution < -0.4 is 10.1 Å². The second-order valence-corrected chi connectivity index (χ2v) is 8.99. The van der Waals surface area contributed by atoms with Crippen LogP contribution in [0, 0.1) is 0 Å². The summed E-state index contributed by atoms with van der Waals surface area (Å²) >= 11 is 5.94. The maximum Gasteiger partial charge on any atom is 0.338 e. The van der Waals surface area contributed by atoms with E-state index in [0.29, 0.717) is 29.3 Å². The minimum Gasteiger partial charge on any atom is -0.484 e. The fraction of sp³-hybridized carbons (Fsp3) is 0.423. The lowest BCUT2D eigenvalue weighted by atomic mass is 9.97. The molecule has 2 unspecified atom stereocenters. The lowest BCUT2D eigenvalue weighted by Crippen LogP contribution is -2.49. The fourth-order valence-electron chi connectivity index (χ4n) is 4.12. The first-order chi connectivity index (χ1) is 16.3. The minimum absolute atomic E-state index is 0.0374. The highest BCUT2D eigenvalue weighted by Crippen LogP contribution is 2.23. The molecular weight excluding hydrogens is 456 g/mol. The highest BCUT2D eigenvalue weighted by Gasteiger charge is 2.29. The summed E-state index contributed by atoms with van der Waals surface area (Å²) in [6, 6.07) is 14.1. The third kappa shape index (κ3) is 7.48. The number of hydrogen-bond acceptors (Lipinski definition) is 5. The topological polar surface area (TPSA) is 84.9 Å². The Labute approximate surface area is 205 Å². The van der Waals surface area contributed by atoms with Crippen LogP contribution in [-0.4, -0.2) is 54.5 Å². The lowest BCUT2D eigenvalue weighted by molar-refractivity contribution is -0.139. The third-order valence-corrected chi connectivity index (χ3v) is 6.13. The summed E-state index contributed by atoms with van der Waals surface area (Å²) in [6.45, 7) is 4.12. The van der Waals surface area contributed by atoms with Gasteiger partial charge in [0.25, 0.3) is 11.8 Å². The zero-order valence-corrected chi connectivity index (χ0v) is 20.3. The predicted octanol–water partition coefficient (Wildman–Crippen LogP) is 4.02. The van der Waals surface area contributed by atoms with Crippen molar-refractivity contribution in [2.75, 3.05) is 19.8 Å². The number of halogens is 1. The van der Waals surface area contributed by atoms with E-state index >= 15 is 0 Å². The van der Waals surface area contributed by atoms with Gasteiger partial charge in [-0.05, 0) is 81.5 Å². The molecular formula is C26H31ClN2O5. The van der Waals surface area contributed by atoms with E-state index in [0.717, 1.165) is 24.8 Å². The molecule has 2 aromatic carbocycles. The van der Waals surface area contributed by atoms with E-state index in [9.17, 15) is 14.4 Å². The number of nitrogens with zero attached hydrogens (tertiary/aromatic N) is 1. The van der Waals surface area contributed by atoms with Crippen LogP contribution in [0.25, 0.3) is 0 Å². The standard InChI is InChI=1S/C26H31ClN2O5/c1-18-5-3-6-19(2)29(18)25(31)17-33-23-11-9-21(10-12-23)26(32)34-16-24(30)28-14-13-20-7-4-8-22(27)15-20/h4,7-12,15,18-19H,3,5-6,13-14,16-17H2,1-2H3,(H,28,30). The molecule has 1 heterocycles. The molecule has 1 fully saturated rings. The second kappa shape index (κ2) is 12.4. The van der Waals surface area contributed by atoms with Crippen molar-refractivity contribution < 1.29 is 23.9 Å². The molecule has 0 spiro atoms. The van der Waals surface area contributed by atoms with Gasteiger partial charge < -0.3 is 19.7 Å². The summed E-state index contributed by atoms with van der Waals surface area (Å²) in [5.74, 6) is -0.538. The van der Waals surface area contributed by atoms with Crippen LogP contribution in [0.3, 0.4) is 0 Å². The van der Waals surface area contributed by atoms with Crippen LogP contribution in [0.15, 0.2) is 48.5 Å². The molecule has 2 amide bonds. The van der Waals surface area contributed by atoms with Crippen molar-refractivity contribution in [3.63, 3.8) is 0 Å². The normalized spacial score (nSPS) is 17.7. The summed E-state index contributed by atoms with van der Waals surface area (Å²) in [5, 5.41) is 3.36. The number of amides is 2. The van der Waals surface area contributed by atoms with Crippen molar-refractivity contribution >= 4 is 29.4 Å². The fourth-order valence-corrected chi connectivity index (χ4v) is 4.34. The molecule has 34 heavy (non-hydrogen) atoms. The van der Waals surface area contributed by atoms with Crippen LogP contribution in [0.4, 0.5) is 0 Å². The van der Waals surface area contributed by atoms with Gasteiger partial charge in [-0.25, -0.2) is 4.79 Å². The first kappa shape index (κ1) is 25.6. The Morgan fingerprint density at radius 3 is 2.41 bits per heavy atom. The molecule has 2 atom stereocenters. The summed E-state index contributed by atoms with van der Waals surface area (Å²) in [5.41, 5.74) is 1.30. The Balaban J connectivity index is 1.38. The molecule has 2 aromatic rings. The SMILES string of the molecule is CC1CCCC(C)N1C(=O)COc1ccc(C(=O)OCC(=O)NCCc2cccc(Cl)c2)cc1. The van der Waals surface area contributed by atoms with Crippen molar-refractivity contribution in [3.05, 3.63) is 64.7 Å². The van der Waals surface area contributed by atoms with Crippen LogP contribution in [0.1, 0.15) is 49.0 Å². The third-order valence-electron chi connectivity index (χ3n) is 5.89. The number of carbonyl (C=O) groups is 3. The van der Waals surface area contributed by atoms with Gasteiger partial charge in [-0.3, -0.25) is 9.59 Å². The first-order valence-electron chi connectivity index (χ1n) is 11.6. The average molecular weight is 487 g/mol. The highest BCUT2D eigenvalue weighted by atomic mass is 35.5. The Morgan fingerprint density at radius 2 is 1.74 bits per heavy atom. The molecule has 1 N–H and O–H groups in total. The van der Waals surface area contributed by atoms with E-state index in [2.05, 4.69) is 19.2 Å². The van der Waals surface area contributed by atoms with E-state index in [4.69, 9.17) is 21.1 Å². The molecule has 1 saturated heterocycles. The first-order valence-corrected chi connectivity index (χ1v) is 11.9. The molecule has 3 rings (SSSR count). The molecule has 1 aliphatic rings. The van der Waals surface area contributed by atoms with Crippen molar-refractivity contribution in [1.29, 1.82) is 0 Å². The largest absolute Gasteiger partial charge is 0.484 e. The molecule has 182 valence electrons. The van der Waals surface area contributed by atoms with Crippen LogP contribution in [0.5, 0.6) is 5.75 Å². The van der Waals surface area contributed by atoms with Crippen molar-refractivity contribution in [2.45, 2.75) is 51.6 Å². The van der Waals surface area contributed by atoms with Gasteiger partial charge in [0.1, 0.15) is 5.75 Å². The second-order valence-electron chi connectivity index (χ2n) is 8.55. The monoisotopic (exact) mass is 486 g/mol.